The fourth-order valence-electron chi connectivity index (χ4n) is 1.97. The first kappa shape index (κ1) is 15.0. The summed E-state index contributed by atoms with van der Waals surface area (Å²) in [6, 6.07) is 3.70. The predicted octanol–water partition coefficient (Wildman–Crippen LogP) is 3.05. The van der Waals surface area contributed by atoms with Gasteiger partial charge in [0.15, 0.2) is 0 Å². The minimum absolute atomic E-state index is 0. The van der Waals surface area contributed by atoms with Crippen LogP contribution >= 0.6 is 23.7 Å². The van der Waals surface area contributed by atoms with E-state index in [0.29, 0.717) is 6.04 Å². The van der Waals surface area contributed by atoms with E-state index in [1.54, 1.807) is 0 Å². The molecule has 98 valence electrons. The lowest BCUT2D eigenvalue weighted by molar-refractivity contribution is 0.241. The lowest BCUT2D eigenvalue weighted by Gasteiger charge is -2.24. The van der Waals surface area contributed by atoms with Crippen LogP contribution in [0.1, 0.15) is 30.2 Å². The Morgan fingerprint density at radius 2 is 2.24 bits per heavy atom. The molecule has 4 heteroatoms. The summed E-state index contributed by atoms with van der Waals surface area (Å²) >= 11 is 1.85. The molecule has 1 fully saturated rings. The van der Waals surface area contributed by atoms with Crippen LogP contribution in [0.15, 0.2) is 11.4 Å². The zero-order valence-corrected chi connectivity index (χ0v) is 12.5. The van der Waals surface area contributed by atoms with Crippen molar-refractivity contribution >= 4 is 23.7 Å². The quantitative estimate of drug-likeness (QED) is 0.858. The van der Waals surface area contributed by atoms with Crippen LogP contribution in [0.4, 0.5) is 0 Å². The number of nitrogens with zero attached hydrogens (tertiary/aromatic N) is 1. The van der Waals surface area contributed by atoms with Crippen LogP contribution < -0.4 is 5.32 Å². The molecule has 1 aliphatic carbocycles. The normalized spacial score (nSPS) is 16.9. The van der Waals surface area contributed by atoms with Crippen molar-refractivity contribution in [3.8, 4) is 0 Å². The Bertz CT molecular complexity index is 336. The highest BCUT2D eigenvalue weighted by atomic mass is 35.5. The van der Waals surface area contributed by atoms with Gasteiger partial charge in [-0.1, -0.05) is 0 Å². The lowest BCUT2D eigenvalue weighted by atomic mass is 10.2. The number of hydrogen-bond donors (Lipinski definition) is 1. The van der Waals surface area contributed by atoms with Gasteiger partial charge in [0, 0.05) is 30.1 Å². The van der Waals surface area contributed by atoms with Crippen molar-refractivity contribution in [2.75, 3.05) is 13.6 Å². The topological polar surface area (TPSA) is 15.3 Å². The molecule has 1 atom stereocenters. The minimum atomic E-state index is 0. The number of hydrogen-bond acceptors (Lipinski definition) is 3. The molecular formula is C13H23ClN2S. The molecule has 0 bridgehead atoms. The fourth-order valence-corrected chi connectivity index (χ4v) is 2.84. The Morgan fingerprint density at radius 3 is 2.76 bits per heavy atom. The summed E-state index contributed by atoms with van der Waals surface area (Å²) in [5.74, 6) is 0. The van der Waals surface area contributed by atoms with Crippen molar-refractivity contribution in [2.24, 2.45) is 0 Å². The second-order valence-corrected chi connectivity index (χ2v) is 5.90. The Kier molecular flexibility index (Phi) is 5.93. The van der Waals surface area contributed by atoms with Crippen molar-refractivity contribution in [1.29, 1.82) is 0 Å². The average molecular weight is 275 g/mol. The number of nitrogens with one attached hydrogen (secondary N) is 1. The SMILES string of the molecule is Cc1ccsc1CNCC(C)N(C)C1CC1.Cl. The molecule has 0 amide bonds. The van der Waals surface area contributed by atoms with Gasteiger partial charge in [0.2, 0.25) is 0 Å². The highest BCUT2D eigenvalue weighted by Crippen LogP contribution is 2.26. The van der Waals surface area contributed by atoms with Crippen molar-refractivity contribution in [2.45, 2.75) is 45.3 Å². The minimum Gasteiger partial charge on any atom is -0.310 e. The Labute approximate surface area is 115 Å². The molecule has 0 spiro atoms. The molecular weight excluding hydrogens is 252 g/mol. The van der Waals surface area contributed by atoms with Gasteiger partial charge in [-0.15, -0.1) is 23.7 Å². The highest BCUT2D eigenvalue weighted by molar-refractivity contribution is 7.10. The standard InChI is InChI=1S/C13H22N2S.ClH/c1-10-6-7-16-13(10)9-14-8-11(2)15(3)12-4-5-12;/h6-7,11-12,14H,4-5,8-9H2,1-3H3;1H. The number of rotatable bonds is 6. The van der Waals surface area contributed by atoms with Crippen molar-refractivity contribution in [3.63, 3.8) is 0 Å². The van der Waals surface area contributed by atoms with Gasteiger partial charge in [0.1, 0.15) is 0 Å². The zero-order chi connectivity index (χ0) is 11.5. The molecule has 1 N–H and O–H groups in total. The van der Waals surface area contributed by atoms with Gasteiger partial charge in [0.05, 0.1) is 0 Å². The van der Waals surface area contributed by atoms with Gasteiger partial charge in [-0.25, -0.2) is 0 Å². The van der Waals surface area contributed by atoms with Crippen LogP contribution in [0.5, 0.6) is 0 Å². The second kappa shape index (κ2) is 6.74. The van der Waals surface area contributed by atoms with E-state index in [-0.39, 0.29) is 12.4 Å². The van der Waals surface area contributed by atoms with E-state index in [9.17, 15) is 0 Å². The molecule has 2 nitrogen and oxygen atoms in total. The number of aryl methyl sites for hydroxylation is 1. The summed E-state index contributed by atoms with van der Waals surface area (Å²) in [6.45, 7) is 6.61. The molecule has 1 unspecified atom stereocenters. The first-order chi connectivity index (χ1) is 7.68. The number of thiophene rings is 1. The monoisotopic (exact) mass is 274 g/mol. The van der Waals surface area contributed by atoms with E-state index < -0.39 is 0 Å². The summed E-state index contributed by atoms with van der Waals surface area (Å²) < 4.78 is 0. The van der Waals surface area contributed by atoms with Gasteiger partial charge in [-0.05, 0) is 50.7 Å². The summed E-state index contributed by atoms with van der Waals surface area (Å²) in [5, 5.41) is 5.73. The first-order valence-electron chi connectivity index (χ1n) is 6.14. The van der Waals surface area contributed by atoms with Gasteiger partial charge in [0.25, 0.3) is 0 Å². The highest BCUT2D eigenvalue weighted by Gasteiger charge is 2.28. The Morgan fingerprint density at radius 1 is 1.53 bits per heavy atom. The average Bonchev–Trinajstić information content (AvgIpc) is 3.03. The molecule has 0 aliphatic heterocycles. The largest absolute Gasteiger partial charge is 0.310 e. The third-order valence-electron chi connectivity index (χ3n) is 3.51. The van der Waals surface area contributed by atoms with Gasteiger partial charge < -0.3 is 5.32 Å². The van der Waals surface area contributed by atoms with Crippen molar-refractivity contribution < 1.29 is 0 Å². The molecule has 0 radical (unpaired) electrons. The number of likely N-dealkylation sites (N-methyl/N-ethyl adjacent to an activating group) is 1. The number of halogens is 1. The maximum atomic E-state index is 3.56. The third-order valence-corrected chi connectivity index (χ3v) is 4.53. The third kappa shape index (κ3) is 4.25. The van der Waals surface area contributed by atoms with Crippen molar-refractivity contribution in [3.05, 3.63) is 21.9 Å². The molecule has 1 saturated carbocycles. The van der Waals surface area contributed by atoms with E-state index in [1.165, 1.54) is 23.3 Å². The van der Waals surface area contributed by atoms with E-state index in [4.69, 9.17) is 0 Å². The van der Waals surface area contributed by atoms with Crippen LogP contribution in [-0.2, 0) is 6.54 Å². The lowest BCUT2D eigenvalue weighted by Crippen LogP contribution is -2.38. The maximum Gasteiger partial charge on any atom is 0.0303 e. The molecule has 1 aromatic heterocycles. The molecule has 1 aromatic rings. The zero-order valence-electron chi connectivity index (χ0n) is 10.9. The molecule has 1 aliphatic rings. The van der Waals surface area contributed by atoms with Crippen LogP contribution in [0.3, 0.4) is 0 Å². The van der Waals surface area contributed by atoms with E-state index in [1.807, 2.05) is 11.3 Å². The maximum absolute atomic E-state index is 3.56. The van der Waals surface area contributed by atoms with E-state index in [2.05, 4.69) is 42.6 Å². The van der Waals surface area contributed by atoms with Gasteiger partial charge >= 0.3 is 0 Å². The predicted molar refractivity (Wildman–Crippen MR) is 78.3 cm³/mol. The summed E-state index contributed by atoms with van der Waals surface area (Å²) in [6.07, 6.45) is 2.79. The Balaban J connectivity index is 0.00000144. The second-order valence-electron chi connectivity index (χ2n) is 4.90. The summed E-state index contributed by atoms with van der Waals surface area (Å²) in [4.78, 5) is 3.98. The fraction of sp³-hybridized carbons (Fsp3) is 0.692. The van der Waals surface area contributed by atoms with E-state index >= 15 is 0 Å². The summed E-state index contributed by atoms with van der Waals surface area (Å²) in [5.41, 5.74) is 1.42. The van der Waals surface area contributed by atoms with Gasteiger partial charge in [-0.3, -0.25) is 4.90 Å². The van der Waals surface area contributed by atoms with Crippen LogP contribution in [-0.4, -0.2) is 30.6 Å². The van der Waals surface area contributed by atoms with Gasteiger partial charge in [-0.2, -0.15) is 0 Å². The van der Waals surface area contributed by atoms with Crippen LogP contribution in [0, 0.1) is 6.92 Å². The smallest absolute Gasteiger partial charge is 0.0303 e. The molecule has 0 aromatic carbocycles. The molecule has 0 saturated heterocycles. The summed E-state index contributed by atoms with van der Waals surface area (Å²) in [7, 11) is 2.25. The van der Waals surface area contributed by atoms with Crippen molar-refractivity contribution in [1.82, 2.24) is 10.2 Å². The van der Waals surface area contributed by atoms with Crippen LogP contribution in [0.25, 0.3) is 0 Å². The Hall–Kier alpha value is -0.0900. The van der Waals surface area contributed by atoms with Crippen LogP contribution in [0.2, 0.25) is 0 Å². The molecule has 17 heavy (non-hydrogen) atoms. The molecule has 1 heterocycles. The first-order valence-corrected chi connectivity index (χ1v) is 7.02. The van der Waals surface area contributed by atoms with E-state index in [0.717, 1.165) is 19.1 Å². The molecule has 2 rings (SSSR count).